The minimum atomic E-state index is -1.93. The highest BCUT2D eigenvalue weighted by Crippen LogP contribution is 2.30. The van der Waals surface area contributed by atoms with Crippen LogP contribution in [0.5, 0.6) is 0 Å². The molecule has 0 amide bonds. The fourth-order valence-corrected chi connectivity index (χ4v) is 2.48. The predicted octanol–water partition coefficient (Wildman–Crippen LogP) is 1.83. The second-order valence-electron chi connectivity index (χ2n) is 7.52. The molecule has 1 aliphatic heterocycles. The number of esters is 1. The summed E-state index contributed by atoms with van der Waals surface area (Å²) in [6.07, 6.45) is -3.00. The Morgan fingerprint density at radius 2 is 1.91 bits per heavy atom. The topological polar surface area (TPSA) is 91.3 Å². The molecular weight excluding hydrogens is 308 g/mol. The maximum atomic E-state index is 11.8. The molecule has 128 valence electrons. The Labute approximate surface area is 132 Å². The quantitative estimate of drug-likeness (QED) is 0.619. The van der Waals surface area contributed by atoms with Crippen molar-refractivity contribution in [3.8, 4) is 0 Å². The number of carbonyl (C=O) groups excluding carboxylic acids is 2. The van der Waals surface area contributed by atoms with Gasteiger partial charge in [0.15, 0.2) is 26.1 Å². The van der Waals surface area contributed by atoms with Gasteiger partial charge in [0.25, 0.3) is 0 Å². The number of hydrogen-bond acceptors (Lipinski definition) is 7. The van der Waals surface area contributed by atoms with Gasteiger partial charge in [0.1, 0.15) is 5.60 Å². The van der Waals surface area contributed by atoms with Gasteiger partial charge in [-0.25, -0.2) is 9.59 Å². The molecule has 0 aliphatic carbocycles. The summed E-state index contributed by atoms with van der Waals surface area (Å²) in [5, 5.41) is 10.2. The zero-order chi connectivity index (χ0) is 17.3. The van der Waals surface area contributed by atoms with Gasteiger partial charge in [0.05, 0.1) is 6.61 Å². The molecule has 1 fully saturated rings. The molecule has 0 aromatic carbocycles. The van der Waals surface area contributed by atoms with Crippen LogP contribution in [0.2, 0.25) is 19.6 Å². The van der Waals surface area contributed by atoms with E-state index in [1.54, 1.807) is 20.8 Å². The fourth-order valence-electron chi connectivity index (χ4n) is 1.82. The fraction of sp³-hybridized carbons (Fsp3) is 0.857. The van der Waals surface area contributed by atoms with E-state index in [4.69, 9.17) is 18.6 Å². The summed E-state index contributed by atoms with van der Waals surface area (Å²) in [6.45, 7) is 12.3. The zero-order valence-electron chi connectivity index (χ0n) is 14.3. The number of ether oxygens (including phenoxy) is 3. The van der Waals surface area contributed by atoms with Crippen LogP contribution in [0.15, 0.2) is 0 Å². The van der Waals surface area contributed by atoms with Gasteiger partial charge in [-0.1, -0.05) is 0 Å². The van der Waals surface area contributed by atoms with Crippen LogP contribution in [0.4, 0.5) is 4.79 Å². The second kappa shape index (κ2) is 6.17. The molecule has 1 rings (SSSR count). The van der Waals surface area contributed by atoms with Crippen LogP contribution in [-0.2, 0) is 23.4 Å². The summed E-state index contributed by atoms with van der Waals surface area (Å²) in [7, 11) is -1.85. The third-order valence-corrected chi connectivity index (χ3v) is 3.89. The molecule has 7 nitrogen and oxygen atoms in total. The van der Waals surface area contributed by atoms with Gasteiger partial charge >= 0.3 is 12.1 Å². The third kappa shape index (κ3) is 5.26. The van der Waals surface area contributed by atoms with Gasteiger partial charge in [-0.15, -0.1) is 0 Å². The first-order chi connectivity index (χ1) is 9.72. The van der Waals surface area contributed by atoms with E-state index in [1.165, 1.54) is 6.92 Å². The molecule has 22 heavy (non-hydrogen) atoms. The minimum Gasteiger partial charge on any atom is -0.454 e. The summed E-state index contributed by atoms with van der Waals surface area (Å²) >= 11 is 0. The van der Waals surface area contributed by atoms with Crippen molar-refractivity contribution < 1.29 is 33.3 Å². The Bertz CT molecular complexity index is 433. The van der Waals surface area contributed by atoms with E-state index >= 15 is 0 Å². The van der Waals surface area contributed by atoms with Gasteiger partial charge in [-0.2, -0.15) is 0 Å². The van der Waals surface area contributed by atoms with E-state index in [0.29, 0.717) is 0 Å². The first-order valence-corrected chi connectivity index (χ1v) is 10.6. The monoisotopic (exact) mass is 334 g/mol. The van der Waals surface area contributed by atoms with Crippen molar-refractivity contribution in [1.82, 2.24) is 0 Å². The largest absolute Gasteiger partial charge is 0.509 e. The lowest BCUT2D eigenvalue weighted by Crippen LogP contribution is -2.48. The van der Waals surface area contributed by atoms with Crippen LogP contribution in [-0.4, -0.2) is 55.6 Å². The highest BCUT2D eigenvalue weighted by Gasteiger charge is 2.56. The van der Waals surface area contributed by atoms with Crippen LogP contribution in [0.1, 0.15) is 27.7 Å². The molecule has 1 N–H and O–H groups in total. The molecule has 0 bridgehead atoms. The summed E-state index contributed by atoms with van der Waals surface area (Å²) in [5.74, 6) is -0.842. The SMILES string of the molecule is CC(C)(C)OC(=O)O[C@@H]1[C@@H](CO[Si](C)(C)C)OC(=O)[C@@]1(C)O. The average Bonchev–Trinajstić information content (AvgIpc) is 2.46. The Morgan fingerprint density at radius 1 is 1.36 bits per heavy atom. The molecule has 0 unspecified atom stereocenters. The lowest BCUT2D eigenvalue weighted by molar-refractivity contribution is -0.155. The van der Waals surface area contributed by atoms with Crippen LogP contribution < -0.4 is 0 Å². The van der Waals surface area contributed by atoms with Crippen LogP contribution >= 0.6 is 0 Å². The van der Waals surface area contributed by atoms with Crippen molar-refractivity contribution in [2.45, 2.75) is 70.7 Å². The van der Waals surface area contributed by atoms with Gasteiger partial charge in [-0.05, 0) is 47.3 Å². The van der Waals surface area contributed by atoms with Crippen LogP contribution in [0.25, 0.3) is 0 Å². The molecule has 0 aromatic rings. The molecule has 3 atom stereocenters. The van der Waals surface area contributed by atoms with Crippen molar-refractivity contribution in [3.05, 3.63) is 0 Å². The number of hydrogen-bond donors (Lipinski definition) is 1. The van der Waals surface area contributed by atoms with E-state index in [1.807, 2.05) is 19.6 Å². The summed E-state index contributed by atoms with van der Waals surface area (Å²) in [4.78, 5) is 23.6. The summed E-state index contributed by atoms with van der Waals surface area (Å²) in [6, 6.07) is 0. The standard InChI is InChI=1S/C14H26O7Si/c1-13(2,3)21-12(16)20-10-9(8-18-22(5,6)7)19-11(15)14(10,4)17/h9-10,17H,8H2,1-7H3/t9-,10-,14+/m1/s1. The second-order valence-corrected chi connectivity index (χ2v) is 12.0. The van der Waals surface area contributed by atoms with Crippen molar-refractivity contribution in [2.75, 3.05) is 6.61 Å². The Morgan fingerprint density at radius 3 is 2.36 bits per heavy atom. The molecule has 1 saturated heterocycles. The van der Waals surface area contributed by atoms with E-state index < -0.39 is 43.9 Å². The average molecular weight is 334 g/mol. The third-order valence-electron chi connectivity index (χ3n) is 2.86. The highest BCUT2D eigenvalue weighted by molar-refractivity contribution is 6.69. The predicted molar refractivity (Wildman–Crippen MR) is 80.9 cm³/mol. The zero-order valence-corrected chi connectivity index (χ0v) is 15.3. The molecule has 1 aliphatic rings. The van der Waals surface area contributed by atoms with Crippen LogP contribution in [0, 0.1) is 0 Å². The molecule has 0 spiro atoms. The van der Waals surface area contributed by atoms with Crippen molar-refractivity contribution in [2.24, 2.45) is 0 Å². The van der Waals surface area contributed by atoms with Gasteiger partial charge < -0.3 is 23.7 Å². The van der Waals surface area contributed by atoms with Crippen molar-refractivity contribution in [3.63, 3.8) is 0 Å². The van der Waals surface area contributed by atoms with E-state index in [9.17, 15) is 14.7 Å². The Hall–Kier alpha value is -1.12. The number of rotatable bonds is 4. The van der Waals surface area contributed by atoms with E-state index in [2.05, 4.69) is 0 Å². The van der Waals surface area contributed by atoms with Crippen molar-refractivity contribution in [1.29, 1.82) is 0 Å². The number of cyclic esters (lactones) is 1. The first kappa shape index (κ1) is 18.9. The number of carbonyl (C=O) groups is 2. The van der Waals surface area contributed by atoms with Gasteiger partial charge in [0.2, 0.25) is 0 Å². The molecule has 0 radical (unpaired) electrons. The Kier molecular flexibility index (Phi) is 5.31. The van der Waals surface area contributed by atoms with E-state index in [-0.39, 0.29) is 6.61 Å². The maximum Gasteiger partial charge on any atom is 0.509 e. The van der Waals surface area contributed by atoms with Gasteiger partial charge in [-0.3, -0.25) is 0 Å². The molecule has 0 saturated carbocycles. The summed E-state index contributed by atoms with van der Waals surface area (Å²) in [5.41, 5.74) is -2.67. The summed E-state index contributed by atoms with van der Waals surface area (Å²) < 4.78 is 21.0. The number of aliphatic hydroxyl groups is 1. The van der Waals surface area contributed by atoms with Crippen LogP contribution in [0.3, 0.4) is 0 Å². The molecule has 0 aromatic heterocycles. The molecule has 1 heterocycles. The molecule has 8 heteroatoms. The van der Waals surface area contributed by atoms with E-state index in [0.717, 1.165) is 0 Å². The highest BCUT2D eigenvalue weighted by atomic mass is 28.4. The lowest BCUT2D eigenvalue weighted by Gasteiger charge is -2.27. The Balaban J connectivity index is 2.80. The smallest absolute Gasteiger partial charge is 0.454 e. The normalized spacial score (nSPS) is 29.2. The maximum absolute atomic E-state index is 11.8. The van der Waals surface area contributed by atoms with Crippen molar-refractivity contribution >= 4 is 20.4 Å². The first-order valence-electron chi connectivity index (χ1n) is 7.19. The molecular formula is C14H26O7Si. The van der Waals surface area contributed by atoms with Gasteiger partial charge in [0, 0.05) is 0 Å². The lowest BCUT2D eigenvalue weighted by atomic mass is 9.98. The minimum absolute atomic E-state index is 0.0606.